The largest absolute Gasteiger partial charge is 0.489 e. The Morgan fingerprint density at radius 3 is 2.64 bits per heavy atom. The highest BCUT2D eigenvalue weighted by molar-refractivity contribution is 5.58. The van der Waals surface area contributed by atoms with Gasteiger partial charge in [-0.05, 0) is 31.4 Å². The van der Waals surface area contributed by atoms with Gasteiger partial charge in [0.25, 0.3) is 0 Å². The zero-order valence-corrected chi connectivity index (χ0v) is 11.7. The quantitative estimate of drug-likeness (QED) is 0.910. The SMILES string of the molecule is NC1(COc2ccc(-c3cn[nH]c3)nc2C(F)(F)F)CCC1. The van der Waals surface area contributed by atoms with Crippen molar-refractivity contribution in [2.24, 2.45) is 5.73 Å². The van der Waals surface area contributed by atoms with E-state index in [9.17, 15) is 13.2 Å². The van der Waals surface area contributed by atoms with Crippen LogP contribution in [0.15, 0.2) is 24.5 Å². The van der Waals surface area contributed by atoms with E-state index in [1.165, 1.54) is 24.5 Å². The third-order valence-corrected chi connectivity index (χ3v) is 3.79. The molecule has 1 fully saturated rings. The summed E-state index contributed by atoms with van der Waals surface area (Å²) >= 11 is 0. The molecule has 0 bridgehead atoms. The van der Waals surface area contributed by atoms with Crippen LogP contribution in [0.3, 0.4) is 0 Å². The monoisotopic (exact) mass is 312 g/mol. The average molecular weight is 312 g/mol. The molecule has 22 heavy (non-hydrogen) atoms. The summed E-state index contributed by atoms with van der Waals surface area (Å²) in [5.74, 6) is -0.295. The van der Waals surface area contributed by atoms with E-state index in [0.717, 1.165) is 19.3 Å². The van der Waals surface area contributed by atoms with Crippen molar-refractivity contribution in [3.05, 3.63) is 30.2 Å². The van der Waals surface area contributed by atoms with Gasteiger partial charge in [0.2, 0.25) is 0 Å². The van der Waals surface area contributed by atoms with Gasteiger partial charge in [0.15, 0.2) is 5.69 Å². The number of alkyl halides is 3. The second-order valence-electron chi connectivity index (χ2n) is 5.53. The molecule has 118 valence electrons. The molecule has 2 aromatic rings. The van der Waals surface area contributed by atoms with Crippen LogP contribution in [0, 0.1) is 0 Å². The highest BCUT2D eigenvalue weighted by Gasteiger charge is 2.39. The summed E-state index contributed by atoms with van der Waals surface area (Å²) in [4.78, 5) is 3.68. The molecule has 1 aliphatic rings. The predicted molar refractivity (Wildman–Crippen MR) is 73.1 cm³/mol. The summed E-state index contributed by atoms with van der Waals surface area (Å²) in [5.41, 5.74) is 5.07. The Labute approximate surface area is 124 Å². The molecule has 0 saturated heterocycles. The molecular formula is C14H15F3N4O. The summed E-state index contributed by atoms with van der Waals surface area (Å²) < 4.78 is 44.9. The van der Waals surface area contributed by atoms with Gasteiger partial charge in [-0.3, -0.25) is 5.10 Å². The van der Waals surface area contributed by atoms with Crippen LogP contribution in [-0.2, 0) is 6.18 Å². The Hall–Kier alpha value is -2.09. The summed E-state index contributed by atoms with van der Waals surface area (Å²) in [6, 6.07) is 2.75. The lowest BCUT2D eigenvalue weighted by Gasteiger charge is -2.37. The van der Waals surface area contributed by atoms with Crippen molar-refractivity contribution < 1.29 is 17.9 Å². The van der Waals surface area contributed by atoms with Gasteiger partial charge in [0.05, 0.1) is 17.4 Å². The van der Waals surface area contributed by atoms with Crippen LogP contribution in [-0.4, -0.2) is 27.3 Å². The molecule has 0 atom stereocenters. The average Bonchev–Trinajstić information content (AvgIpc) is 2.96. The minimum atomic E-state index is -4.60. The minimum Gasteiger partial charge on any atom is -0.489 e. The smallest absolute Gasteiger partial charge is 0.437 e. The Kier molecular flexibility index (Phi) is 3.56. The Morgan fingerprint density at radius 1 is 1.32 bits per heavy atom. The first-order valence-electron chi connectivity index (χ1n) is 6.86. The Morgan fingerprint density at radius 2 is 2.09 bits per heavy atom. The van der Waals surface area contributed by atoms with Crippen LogP contribution in [0.4, 0.5) is 13.2 Å². The number of hydrogen-bond donors (Lipinski definition) is 2. The highest BCUT2D eigenvalue weighted by atomic mass is 19.4. The van der Waals surface area contributed by atoms with Crippen molar-refractivity contribution in [2.75, 3.05) is 6.61 Å². The van der Waals surface area contributed by atoms with Crippen molar-refractivity contribution in [1.29, 1.82) is 0 Å². The number of nitrogens with two attached hydrogens (primary N) is 1. The van der Waals surface area contributed by atoms with Crippen LogP contribution in [0.25, 0.3) is 11.3 Å². The lowest BCUT2D eigenvalue weighted by molar-refractivity contribution is -0.142. The zero-order valence-electron chi connectivity index (χ0n) is 11.7. The third-order valence-electron chi connectivity index (χ3n) is 3.79. The van der Waals surface area contributed by atoms with E-state index in [0.29, 0.717) is 5.56 Å². The number of halogens is 3. The maximum Gasteiger partial charge on any atom is 0.437 e. The molecule has 5 nitrogen and oxygen atoms in total. The van der Waals surface area contributed by atoms with Gasteiger partial charge in [0.1, 0.15) is 12.4 Å². The maximum absolute atomic E-state index is 13.2. The fourth-order valence-corrected chi connectivity index (χ4v) is 2.31. The van der Waals surface area contributed by atoms with E-state index in [1.54, 1.807) is 0 Å². The number of aromatic nitrogens is 3. The number of aromatic amines is 1. The molecule has 0 aromatic carbocycles. The van der Waals surface area contributed by atoms with Crippen LogP contribution in [0.2, 0.25) is 0 Å². The van der Waals surface area contributed by atoms with Crippen LogP contribution in [0.5, 0.6) is 5.75 Å². The predicted octanol–water partition coefficient (Wildman–Crippen LogP) is 2.75. The first kappa shape index (κ1) is 14.8. The first-order chi connectivity index (χ1) is 10.4. The van der Waals surface area contributed by atoms with Gasteiger partial charge < -0.3 is 10.5 Å². The van der Waals surface area contributed by atoms with Crippen LogP contribution in [0.1, 0.15) is 25.0 Å². The van der Waals surface area contributed by atoms with E-state index in [2.05, 4.69) is 15.2 Å². The van der Waals surface area contributed by atoms with Gasteiger partial charge in [-0.15, -0.1) is 0 Å². The van der Waals surface area contributed by atoms with Crippen molar-refractivity contribution >= 4 is 0 Å². The number of ether oxygens (including phenoxy) is 1. The minimum absolute atomic E-state index is 0.0584. The van der Waals surface area contributed by atoms with Gasteiger partial charge in [-0.2, -0.15) is 18.3 Å². The molecule has 0 amide bonds. The Bertz CT molecular complexity index is 651. The van der Waals surface area contributed by atoms with Crippen LogP contribution >= 0.6 is 0 Å². The zero-order chi connectivity index (χ0) is 15.8. The van der Waals surface area contributed by atoms with Gasteiger partial charge in [0, 0.05) is 11.8 Å². The summed E-state index contributed by atoms with van der Waals surface area (Å²) in [7, 11) is 0. The number of nitrogens with zero attached hydrogens (tertiary/aromatic N) is 2. The van der Waals surface area contributed by atoms with E-state index in [-0.39, 0.29) is 18.1 Å². The summed E-state index contributed by atoms with van der Waals surface area (Å²) in [6.07, 6.45) is 0.780. The van der Waals surface area contributed by atoms with Crippen molar-refractivity contribution in [1.82, 2.24) is 15.2 Å². The molecule has 0 spiro atoms. The molecule has 2 aromatic heterocycles. The normalized spacial score (nSPS) is 17.1. The number of hydrogen-bond acceptors (Lipinski definition) is 4. The van der Waals surface area contributed by atoms with E-state index >= 15 is 0 Å². The lowest BCUT2D eigenvalue weighted by atomic mass is 9.78. The van der Waals surface area contributed by atoms with Gasteiger partial charge in [-0.1, -0.05) is 0 Å². The van der Waals surface area contributed by atoms with Crippen molar-refractivity contribution in [3.8, 4) is 17.0 Å². The molecule has 0 radical (unpaired) electrons. The summed E-state index contributed by atoms with van der Waals surface area (Å²) in [6.45, 7) is 0.0584. The first-order valence-corrected chi connectivity index (χ1v) is 6.86. The molecule has 1 saturated carbocycles. The third kappa shape index (κ3) is 2.92. The van der Waals surface area contributed by atoms with E-state index in [4.69, 9.17) is 10.5 Å². The number of nitrogens with one attached hydrogen (secondary N) is 1. The molecule has 3 rings (SSSR count). The maximum atomic E-state index is 13.2. The van der Waals surface area contributed by atoms with Crippen LogP contribution < -0.4 is 10.5 Å². The summed E-state index contributed by atoms with van der Waals surface area (Å²) in [5, 5.41) is 6.25. The molecule has 8 heteroatoms. The van der Waals surface area contributed by atoms with Gasteiger partial charge in [-0.25, -0.2) is 4.98 Å². The highest BCUT2D eigenvalue weighted by Crippen LogP contribution is 2.37. The second-order valence-corrected chi connectivity index (χ2v) is 5.53. The standard InChI is InChI=1S/C14H15F3N4O/c15-14(16,17)12-11(22-8-13(18)4-1-5-13)3-2-10(21-12)9-6-19-20-7-9/h2-3,6-7H,1,4-5,8,18H2,(H,19,20). The molecule has 0 aliphatic heterocycles. The lowest BCUT2D eigenvalue weighted by Crippen LogP contribution is -2.51. The molecule has 1 aliphatic carbocycles. The molecule has 3 N–H and O–H groups in total. The molecule has 0 unspecified atom stereocenters. The van der Waals surface area contributed by atoms with E-state index < -0.39 is 17.4 Å². The van der Waals surface area contributed by atoms with Gasteiger partial charge >= 0.3 is 6.18 Å². The molecule has 2 heterocycles. The molecular weight excluding hydrogens is 297 g/mol. The topological polar surface area (TPSA) is 76.8 Å². The fraction of sp³-hybridized carbons (Fsp3) is 0.429. The Balaban J connectivity index is 1.88. The van der Waals surface area contributed by atoms with E-state index in [1.807, 2.05) is 0 Å². The van der Waals surface area contributed by atoms with Crippen molar-refractivity contribution in [2.45, 2.75) is 31.0 Å². The fourth-order valence-electron chi connectivity index (χ4n) is 2.31. The second kappa shape index (κ2) is 5.28. The number of H-pyrrole nitrogens is 1. The number of rotatable bonds is 4. The van der Waals surface area contributed by atoms with Crippen molar-refractivity contribution in [3.63, 3.8) is 0 Å². The number of pyridine rings is 1.